The number of pyridine rings is 1. The number of hydrogen-bond donors (Lipinski definition) is 0. The first-order chi connectivity index (χ1) is 11.8. The Bertz CT molecular complexity index is 661. The molecule has 11 heteroatoms. The summed E-state index contributed by atoms with van der Waals surface area (Å²) in [4.78, 5) is 22.9. The summed E-state index contributed by atoms with van der Waals surface area (Å²) in [5.41, 5.74) is -5.90. The van der Waals surface area contributed by atoms with Gasteiger partial charge < -0.3 is 9.47 Å². The highest BCUT2D eigenvalue weighted by Crippen LogP contribution is 2.42. The molecule has 0 spiro atoms. The molecular formula is C15H15BrF5NO4. The number of ether oxygens (including phenoxy) is 2. The normalized spacial score (nSPS) is 12.3. The number of halogens is 6. The molecule has 0 bridgehead atoms. The van der Waals surface area contributed by atoms with Gasteiger partial charge in [0, 0.05) is 0 Å². The van der Waals surface area contributed by atoms with E-state index < -0.39 is 51.0 Å². The third kappa shape index (κ3) is 4.68. The minimum Gasteiger partial charge on any atom is -0.465 e. The van der Waals surface area contributed by atoms with Crippen molar-refractivity contribution >= 4 is 27.9 Å². The Morgan fingerprint density at radius 1 is 1.00 bits per heavy atom. The maximum atomic E-state index is 13.9. The summed E-state index contributed by atoms with van der Waals surface area (Å²) >= 11 is 1.93. The van der Waals surface area contributed by atoms with Crippen molar-refractivity contribution < 1.29 is 41.0 Å². The van der Waals surface area contributed by atoms with Crippen molar-refractivity contribution in [1.29, 1.82) is 0 Å². The van der Waals surface area contributed by atoms with Gasteiger partial charge in [-0.15, -0.1) is 0 Å². The number of esters is 2. The predicted molar refractivity (Wildman–Crippen MR) is 83.3 cm³/mol. The van der Waals surface area contributed by atoms with Crippen LogP contribution < -0.4 is 0 Å². The molecule has 0 aliphatic heterocycles. The second-order valence-corrected chi connectivity index (χ2v) is 6.61. The van der Waals surface area contributed by atoms with E-state index in [1.807, 2.05) is 15.9 Å². The predicted octanol–water partition coefficient (Wildman–Crippen LogP) is 4.32. The van der Waals surface area contributed by atoms with Crippen molar-refractivity contribution in [3.05, 3.63) is 28.1 Å². The van der Waals surface area contributed by atoms with E-state index in [0.717, 1.165) is 14.2 Å². The van der Waals surface area contributed by atoms with Crippen LogP contribution in [0.4, 0.5) is 22.0 Å². The van der Waals surface area contributed by atoms with Crippen molar-refractivity contribution in [2.75, 3.05) is 14.2 Å². The highest BCUT2D eigenvalue weighted by molar-refractivity contribution is 9.09. The van der Waals surface area contributed by atoms with Gasteiger partial charge in [0.05, 0.1) is 25.3 Å². The van der Waals surface area contributed by atoms with E-state index in [1.54, 1.807) is 13.8 Å². The number of carbonyl (C=O) groups excluding carboxylic acids is 2. The van der Waals surface area contributed by atoms with E-state index in [2.05, 4.69) is 14.5 Å². The lowest BCUT2D eigenvalue weighted by Crippen LogP contribution is -2.27. The highest BCUT2D eigenvalue weighted by Gasteiger charge is 2.46. The first kappa shape index (κ1) is 22.3. The van der Waals surface area contributed by atoms with E-state index in [1.165, 1.54) is 0 Å². The molecule has 0 radical (unpaired) electrons. The summed E-state index contributed by atoms with van der Waals surface area (Å²) in [5, 5.41) is 0. The van der Waals surface area contributed by atoms with E-state index in [9.17, 15) is 31.5 Å². The Hall–Kier alpha value is -1.78. The third-order valence-corrected chi connectivity index (χ3v) is 3.60. The van der Waals surface area contributed by atoms with Gasteiger partial charge in [-0.25, -0.2) is 14.6 Å². The van der Waals surface area contributed by atoms with Crippen molar-refractivity contribution in [2.24, 2.45) is 5.92 Å². The van der Waals surface area contributed by atoms with Crippen molar-refractivity contribution in [3.63, 3.8) is 0 Å². The molecule has 5 nitrogen and oxygen atoms in total. The zero-order chi connectivity index (χ0) is 20.4. The Morgan fingerprint density at radius 2 is 1.42 bits per heavy atom. The zero-order valence-electron chi connectivity index (χ0n) is 14.1. The Labute approximate surface area is 154 Å². The molecule has 0 amide bonds. The Kier molecular flexibility index (Phi) is 6.72. The molecule has 0 fully saturated rings. The molecule has 1 aromatic heterocycles. The van der Waals surface area contributed by atoms with E-state index >= 15 is 0 Å². The fraction of sp³-hybridized carbons (Fsp3) is 0.533. The Balaban J connectivity index is 4.15. The van der Waals surface area contributed by atoms with Crippen LogP contribution in [0.2, 0.25) is 0 Å². The molecular weight excluding hydrogens is 433 g/mol. The van der Waals surface area contributed by atoms with Crippen LogP contribution >= 0.6 is 15.9 Å². The Morgan fingerprint density at radius 3 is 1.73 bits per heavy atom. The second kappa shape index (κ2) is 7.85. The number of carbonyl (C=O) groups is 2. The van der Waals surface area contributed by atoms with Crippen LogP contribution in [-0.2, 0) is 26.9 Å². The lowest BCUT2D eigenvalue weighted by atomic mass is 9.91. The third-order valence-electron chi connectivity index (χ3n) is 3.23. The molecule has 0 saturated carbocycles. The van der Waals surface area contributed by atoms with Crippen LogP contribution in [0.15, 0.2) is 0 Å². The van der Waals surface area contributed by atoms with Gasteiger partial charge in [-0.3, -0.25) is 0 Å². The van der Waals surface area contributed by atoms with Crippen molar-refractivity contribution in [2.45, 2.75) is 31.3 Å². The molecule has 0 atom stereocenters. The lowest BCUT2D eigenvalue weighted by Gasteiger charge is -2.22. The van der Waals surface area contributed by atoms with E-state index in [0.29, 0.717) is 0 Å². The SMILES string of the molecule is COC(=O)c1c(C(F)(F)F)nc(C(F)(F)Br)c(C(=O)OC)c1CC(C)C. The zero-order valence-corrected chi connectivity index (χ0v) is 15.7. The molecule has 0 aliphatic rings. The summed E-state index contributed by atoms with van der Waals surface area (Å²) in [5.74, 6) is -3.18. The van der Waals surface area contributed by atoms with Crippen LogP contribution in [0.1, 0.15) is 51.5 Å². The van der Waals surface area contributed by atoms with Crippen LogP contribution in [0.5, 0.6) is 0 Å². The number of methoxy groups -OCH3 is 2. The lowest BCUT2D eigenvalue weighted by molar-refractivity contribution is -0.142. The van der Waals surface area contributed by atoms with Gasteiger partial charge >= 0.3 is 22.9 Å². The number of nitrogens with zero attached hydrogens (tertiary/aromatic N) is 1. The largest absolute Gasteiger partial charge is 0.465 e. The smallest absolute Gasteiger partial charge is 0.434 e. The van der Waals surface area contributed by atoms with Gasteiger partial charge in [-0.1, -0.05) is 13.8 Å². The standard InChI is InChI=1S/C15H15BrF5NO4/c1-6(2)5-7-8(12(23)25-3)10(14(16,17)18)22-11(15(19,20)21)9(7)13(24)26-4/h6H,5H2,1-4H3. The number of aromatic nitrogens is 1. The molecule has 0 saturated heterocycles. The summed E-state index contributed by atoms with van der Waals surface area (Å²) in [6.07, 6.45) is -5.53. The van der Waals surface area contributed by atoms with Gasteiger partial charge in [0.15, 0.2) is 5.69 Å². The molecule has 26 heavy (non-hydrogen) atoms. The molecule has 1 aromatic rings. The molecule has 1 heterocycles. The fourth-order valence-electron chi connectivity index (χ4n) is 2.30. The van der Waals surface area contributed by atoms with Gasteiger partial charge in [0.25, 0.3) is 0 Å². The van der Waals surface area contributed by atoms with Crippen LogP contribution in [-0.4, -0.2) is 31.1 Å². The van der Waals surface area contributed by atoms with Crippen LogP contribution in [0.3, 0.4) is 0 Å². The minimum atomic E-state index is -5.24. The molecule has 0 aromatic carbocycles. The van der Waals surface area contributed by atoms with Crippen LogP contribution in [0, 0.1) is 5.92 Å². The van der Waals surface area contributed by atoms with E-state index in [4.69, 9.17) is 0 Å². The fourth-order valence-corrected chi connectivity index (χ4v) is 2.59. The average molecular weight is 448 g/mol. The minimum absolute atomic E-state index is 0.295. The first-order valence-electron chi connectivity index (χ1n) is 7.13. The second-order valence-electron chi connectivity index (χ2n) is 5.61. The summed E-state index contributed by atoms with van der Waals surface area (Å²) in [6, 6.07) is 0. The highest BCUT2D eigenvalue weighted by atomic mass is 79.9. The molecule has 0 N–H and O–H groups in total. The molecule has 146 valence electrons. The number of rotatable bonds is 5. The average Bonchev–Trinajstić information content (AvgIpc) is 2.49. The van der Waals surface area contributed by atoms with Crippen molar-refractivity contribution in [1.82, 2.24) is 4.98 Å². The maximum Gasteiger partial charge on any atom is 0.434 e. The van der Waals surface area contributed by atoms with Crippen molar-refractivity contribution in [3.8, 4) is 0 Å². The summed E-state index contributed by atoms with van der Waals surface area (Å²) in [7, 11) is 1.69. The summed E-state index contributed by atoms with van der Waals surface area (Å²) in [6.45, 7) is 3.14. The van der Waals surface area contributed by atoms with Crippen LogP contribution in [0.25, 0.3) is 0 Å². The molecule has 1 rings (SSSR count). The monoisotopic (exact) mass is 447 g/mol. The van der Waals surface area contributed by atoms with Gasteiger partial charge in [0.1, 0.15) is 5.69 Å². The maximum absolute atomic E-state index is 13.9. The number of hydrogen-bond acceptors (Lipinski definition) is 5. The number of alkyl halides is 6. The quantitative estimate of drug-likeness (QED) is 0.382. The van der Waals surface area contributed by atoms with Gasteiger partial charge in [-0.2, -0.15) is 22.0 Å². The summed E-state index contributed by atoms with van der Waals surface area (Å²) < 4.78 is 76.7. The molecule has 0 aliphatic carbocycles. The van der Waals surface area contributed by atoms with Gasteiger partial charge in [0.2, 0.25) is 0 Å². The first-order valence-corrected chi connectivity index (χ1v) is 7.92. The van der Waals surface area contributed by atoms with E-state index in [-0.39, 0.29) is 12.3 Å². The topological polar surface area (TPSA) is 65.5 Å². The molecule has 0 unspecified atom stereocenters. The van der Waals surface area contributed by atoms with Gasteiger partial charge in [-0.05, 0) is 33.8 Å².